The van der Waals surface area contributed by atoms with Crippen molar-refractivity contribution in [2.24, 2.45) is 5.84 Å². The number of nitrogen functional groups attached to an aromatic ring is 1. The fourth-order valence-corrected chi connectivity index (χ4v) is 2.46. The van der Waals surface area contributed by atoms with Crippen LogP contribution in [0.25, 0.3) is 0 Å². The maximum atomic E-state index is 11.4. The van der Waals surface area contributed by atoms with E-state index in [1.54, 1.807) is 12.1 Å². The van der Waals surface area contributed by atoms with Crippen molar-refractivity contribution in [2.75, 3.05) is 6.54 Å². The highest BCUT2D eigenvalue weighted by Crippen LogP contribution is 2.14. The van der Waals surface area contributed by atoms with Gasteiger partial charge in [0.15, 0.2) is 0 Å². The number of benzene rings is 1. The Morgan fingerprint density at radius 2 is 2.10 bits per heavy atom. The second-order valence-corrected chi connectivity index (χ2v) is 4.92. The predicted octanol–water partition coefficient (Wildman–Crippen LogP) is 0.502. The smallest absolute Gasteiger partial charge is 0.265 e. The van der Waals surface area contributed by atoms with Crippen LogP contribution in [0.5, 0.6) is 0 Å². The number of amides is 1. The Morgan fingerprint density at radius 3 is 2.85 bits per heavy atom. The Kier molecular flexibility index (Phi) is 3.49. The highest BCUT2D eigenvalue weighted by atomic mass is 16.2. The Bertz CT molecular complexity index is 604. The van der Waals surface area contributed by atoms with Gasteiger partial charge in [-0.2, -0.15) is 0 Å². The molecule has 0 saturated heterocycles. The molecule has 1 aromatic heterocycles. The van der Waals surface area contributed by atoms with Gasteiger partial charge in [-0.1, -0.05) is 12.1 Å². The Hall–Kier alpha value is -2.18. The molecule has 2 aromatic rings. The number of rotatable bonds is 3. The number of imidazole rings is 1. The van der Waals surface area contributed by atoms with E-state index in [0.29, 0.717) is 5.56 Å². The molecule has 0 fully saturated rings. The van der Waals surface area contributed by atoms with Gasteiger partial charge in [-0.15, -0.1) is 0 Å². The molecule has 6 nitrogen and oxygen atoms in total. The maximum Gasteiger partial charge on any atom is 0.265 e. The normalized spacial score (nSPS) is 14.8. The third-order valence-corrected chi connectivity index (χ3v) is 3.58. The molecular weight excluding hydrogens is 254 g/mol. The van der Waals surface area contributed by atoms with E-state index in [1.165, 1.54) is 5.56 Å². The van der Waals surface area contributed by atoms with Gasteiger partial charge in [-0.05, 0) is 17.7 Å². The summed E-state index contributed by atoms with van der Waals surface area (Å²) < 4.78 is 2.19. The molecule has 0 radical (unpaired) electrons. The molecular formula is C14H17N5O. The van der Waals surface area contributed by atoms with Gasteiger partial charge in [0.2, 0.25) is 0 Å². The van der Waals surface area contributed by atoms with E-state index >= 15 is 0 Å². The number of nitrogens with one attached hydrogen (secondary N) is 1. The summed E-state index contributed by atoms with van der Waals surface area (Å²) >= 11 is 0. The third-order valence-electron chi connectivity index (χ3n) is 3.58. The molecule has 0 spiro atoms. The molecule has 6 heteroatoms. The number of hydrogen-bond acceptors (Lipinski definition) is 4. The molecule has 0 bridgehead atoms. The highest BCUT2D eigenvalue weighted by molar-refractivity contribution is 5.93. The zero-order valence-corrected chi connectivity index (χ0v) is 11.1. The zero-order chi connectivity index (χ0) is 13.9. The number of hydrogen-bond donors (Lipinski definition) is 2. The number of fused-ring (bicyclic) bond motifs is 1. The van der Waals surface area contributed by atoms with Crippen LogP contribution in [0.4, 0.5) is 0 Å². The largest absolute Gasteiger partial charge is 0.333 e. The SMILES string of the molecule is NNC(=O)c1ccc(CN2CCn3ccnc3C2)cc1. The van der Waals surface area contributed by atoms with Crippen LogP contribution in [-0.2, 0) is 19.6 Å². The number of nitrogens with zero attached hydrogens (tertiary/aromatic N) is 3. The van der Waals surface area contributed by atoms with Gasteiger partial charge in [0.05, 0.1) is 6.54 Å². The first-order valence-corrected chi connectivity index (χ1v) is 6.58. The molecule has 1 aromatic carbocycles. The van der Waals surface area contributed by atoms with Crippen molar-refractivity contribution >= 4 is 5.91 Å². The lowest BCUT2D eigenvalue weighted by molar-refractivity contribution is 0.0953. The minimum Gasteiger partial charge on any atom is -0.333 e. The van der Waals surface area contributed by atoms with Crippen LogP contribution in [0.1, 0.15) is 21.7 Å². The van der Waals surface area contributed by atoms with Crippen molar-refractivity contribution in [1.29, 1.82) is 0 Å². The Morgan fingerprint density at radius 1 is 1.30 bits per heavy atom. The summed E-state index contributed by atoms with van der Waals surface area (Å²) in [6.45, 7) is 3.70. The van der Waals surface area contributed by atoms with Gasteiger partial charge in [0.25, 0.3) is 5.91 Å². The second-order valence-electron chi connectivity index (χ2n) is 4.92. The highest BCUT2D eigenvalue weighted by Gasteiger charge is 2.16. The lowest BCUT2D eigenvalue weighted by Gasteiger charge is -2.27. The van der Waals surface area contributed by atoms with Crippen LogP contribution in [0.3, 0.4) is 0 Å². The van der Waals surface area contributed by atoms with Crippen LogP contribution in [-0.4, -0.2) is 26.9 Å². The van der Waals surface area contributed by atoms with Crippen molar-refractivity contribution in [3.8, 4) is 0 Å². The van der Waals surface area contributed by atoms with Crippen LogP contribution in [0.2, 0.25) is 0 Å². The minimum absolute atomic E-state index is 0.267. The molecule has 2 heterocycles. The number of hydrazine groups is 1. The number of carbonyl (C=O) groups is 1. The summed E-state index contributed by atoms with van der Waals surface area (Å²) in [4.78, 5) is 18.1. The van der Waals surface area contributed by atoms with E-state index < -0.39 is 0 Å². The summed E-state index contributed by atoms with van der Waals surface area (Å²) in [6.07, 6.45) is 3.87. The fourth-order valence-electron chi connectivity index (χ4n) is 2.46. The van der Waals surface area contributed by atoms with Crippen LogP contribution in [0.15, 0.2) is 36.7 Å². The zero-order valence-electron chi connectivity index (χ0n) is 11.1. The van der Waals surface area contributed by atoms with Crippen molar-refractivity contribution in [1.82, 2.24) is 19.9 Å². The average Bonchev–Trinajstić information content (AvgIpc) is 2.95. The van der Waals surface area contributed by atoms with Gasteiger partial charge in [0.1, 0.15) is 5.82 Å². The van der Waals surface area contributed by atoms with Gasteiger partial charge < -0.3 is 4.57 Å². The molecule has 3 rings (SSSR count). The molecule has 104 valence electrons. The minimum atomic E-state index is -0.267. The number of carbonyl (C=O) groups excluding carboxylic acids is 1. The molecule has 0 atom stereocenters. The van der Waals surface area contributed by atoms with Gasteiger partial charge in [-0.3, -0.25) is 15.1 Å². The van der Waals surface area contributed by atoms with Crippen molar-refractivity contribution in [3.63, 3.8) is 0 Å². The van der Waals surface area contributed by atoms with Gasteiger partial charge in [-0.25, -0.2) is 10.8 Å². The Labute approximate surface area is 117 Å². The average molecular weight is 271 g/mol. The summed E-state index contributed by atoms with van der Waals surface area (Å²) in [6, 6.07) is 7.52. The summed E-state index contributed by atoms with van der Waals surface area (Å²) in [5.74, 6) is 5.95. The number of nitrogens with two attached hydrogens (primary N) is 1. The van der Waals surface area contributed by atoms with Gasteiger partial charge >= 0.3 is 0 Å². The van der Waals surface area contributed by atoms with Crippen molar-refractivity contribution in [2.45, 2.75) is 19.6 Å². The predicted molar refractivity (Wildman–Crippen MR) is 74.4 cm³/mol. The third kappa shape index (κ3) is 2.56. The van der Waals surface area contributed by atoms with Crippen LogP contribution >= 0.6 is 0 Å². The quantitative estimate of drug-likeness (QED) is 0.484. The molecule has 3 N–H and O–H groups in total. The van der Waals surface area contributed by atoms with Gasteiger partial charge in [0, 0.05) is 37.6 Å². The number of aromatic nitrogens is 2. The molecule has 1 aliphatic heterocycles. The molecule has 1 amide bonds. The molecule has 0 aliphatic carbocycles. The van der Waals surface area contributed by atoms with E-state index in [9.17, 15) is 4.79 Å². The first-order valence-electron chi connectivity index (χ1n) is 6.58. The van der Waals surface area contributed by atoms with E-state index in [2.05, 4.69) is 19.9 Å². The maximum absolute atomic E-state index is 11.4. The summed E-state index contributed by atoms with van der Waals surface area (Å²) in [7, 11) is 0. The molecule has 0 saturated carbocycles. The van der Waals surface area contributed by atoms with E-state index in [-0.39, 0.29) is 5.91 Å². The van der Waals surface area contributed by atoms with Crippen molar-refractivity contribution < 1.29 is 4.79 Å². The molecule has 1 aliphatic rings. The van der Waals surface area contributed by atoms with E-state index in [0.717, 1.165) is 32.0 Å². The van der Waals surface area contributed by atoms with Crippen LogP contribution < -0.4 is 11.3 Å². The Balaban J connectivity index is 1.65. The first-order chi connectivity index (χ1) is 9.76. The summed E-state index contributed by atoms with van der Waals surface area (Å²) in [5, 5.41) is 0. The van der Waals surface area contributed by atoms with E-state index in [1.807, 2.05) is 24.5 Å². The first kappa shape index (κ1) is 12.8. The van der Waals surface area contributed by atoms with Crippen molar-refractivity contribution in [3.05, 3.63) is 53.6 Å². The monoisotopic (exact) mass is 271 g/mol. The fraction of sp³-hybridized carbons (Fsp3) is 0.286. The molecule has 20 heavy (non-hydrogen) atoms. The van der Waals surface area contributed by atoms with Crippen LogP contribution in [0, 0.1) is 0 Å². The lowest BCUT2D eigenvalue weighted by Crippen LogP contribution is -2.33. The lowest BCUT2D eigenvalue weighted by atomic mass is 10.1. The van der Waals surface area contributed by atoms with E-state index in [4.69, 9.17) is 5.84 Å². The summed E-state index contributed by atoms with van der Waals surface area (Å²) in [5.41, 5.74) is 3.88. The topological polar surface area (TPSA) is 76.2 Å². The standard InChI is InChI=1S/C14H17N5O/c15-17-14(20)12-3-1-11(2-4-12)9-18-7-8-19-6-5-16-13(19)10-18/h1-6H,7-10,15H2,(H,17,20). The molecule has 0 unspecified atom stereocenters. The second kappa shape index (κ2) is 5.44.